The SMILES string of the molecule is CC(C)=CNN=NCCC(C)C. The molecule has 0 aromatic heterocycles. The van der Waals surface area contributed by atoms with Gasteiger partial charge in [0.1, 0.15) is 0 Å². The summed E-state index contributed by atoms with van der Waals surface area (Å²) in [7, 11) is 0. The highest BCUT2D eigenvalue weighted by Crippen LogP contribution is 1.98. The third-order valence-corrected chi connectivity index (χ3v) is 1.29. The van der Waals surface area contributed by atoms with Crippen LogP contribution in [0.1, 0.15) is 34.1 Å². The topological polar surface area (TPSA) is 36.8 Å². The molecule has 0 heterocycles. The normalized spacial score (nSPS) is 10.8. The molecule has 3 heteroatoms. The van der Waals surface area contributed by atoms with E-state index in [-0.39, 0.29) is 0 Å². The molecule has 70 valence electrons. The Kier molecular flexibility index (Phi) is 6.34. The molecule has 0 unspecified atom stereocenters. The molecule has 0 amide bonds. The van der Waals surface area contributed by atoms with Gasteiger partial charge in [0.15, 0.2) is 0 Å². The zero-order valence-electron chi connectivity index (χ0n) is 8.46. The van der Waals surface area contributed by atoms with E-state index < -0.39 is 0 Å². The van der Waals surface area contributed by atoms with E-state index >= 15 is 0 Å². The summed E-state index contributed by atoms with van der Waals surface area (Å²) in [5.41, 5.74) is 3.95. The van der Waals surface area contributed by atoms with E-state index in [1.807, 2.05) is 20.0 Å². The molecule has 3 nitrogen and oxygen atoms in total. The van der Waals surface area contributed by atoms with Crippen molar-refractivity contribution < 1.29 is 0 Å². The summed E-state index contributed by atoms with van der Waals surface area (Å²) in [6.07, 6.45) is 2.93. The Morgan fingerprint density at radius 3 is 2.58 bits per heavy atom. The Hall–Kier alpha value is -0.860. The van der Waals surface area contributed by atoms with Gasteiger partial charge in [0.25, 0.3) is 0 Å². The Morgan fingerprint density at radius 2 is 2.08 bits per heavy atom. The van der Waals surface area contributed by atoms with Gasteiger partial charge in [0.05, 0.1) is 6.54 Å². The Bertz CT molecular complexity index is 155. The standard InChI is InChI=1S/C9H19N3/c1-8(2)5-6-10-12-11-7-9(3)4/h7-8H,5-6H2,1-4H3,(H,10,11). The first-order valence-corrected chi connectivity index (χ1v) is 4.38. The monoisotopic (exact) mass is 169 g/mol. The van der Waals surface area contributed by atoms with Crippen LogP contribution in [0.4, 0.5) is 0 Å². The first-order valence-electron chi connectivity index (χ1n) is 4.38. The van der Waals surface area contributed by atoms with E-state index in [1.54, 1.807) is 0 Å². The molecule has 0 fully saturated rings. The van der Waals surface area contributed by atoms with E-state index in [1.165, 1.54) is 5.57 Å². The van der Waals surface area contributed by atoms with Gasteiger partial charge in [0, 0.05) is 6.20 Å². The van der Waals surface area contributed by atoms with Crippen molar-refractivity contribution in [2.24, 2.45) is 16.3 Å². The summed E-state index contributed by atoms with van der Waals surface area (Å²) in [6.45, 7) is 9.19. The third-order valence-electron chi connectivity index (χ3n) is 1.29. The molecule has 0 aromatic rings. The minimum atomic E-state index is 0.701. The molecule has 0 saturated heterocycles. The van der Waals surface area contributed by atoms with Crippen molar-refractivity contribution in [2.75, 3.05) is 6.54 Å². The second-order valence-corrected chi connectivity index (χ2v) is 3.50. The number of rotatable bonds is 5. The molecule has 0 aliphatic carbocycles. The lowest BCUT2D eigenvalue weighted by atomic mass is 10.1. The van der Waals surface area contributed by atoms with Gasteiger partial charge in [0.2, 0.25) is 0 Å². The van der Waals surface area contributed by atoms with Gasteiger partial charge >= 0.3 is 0 Å². The number of hydrogen-bond donors (Lipinski definition) is 1. The lowest BCUT2D eigenvalue weighted by molar-refractivity contribution is 0.581. The average molecular weight is 169 g/mol. The highest BCUT2D eigenvalue weighted by molar-refractivity contribution is 4.89. The minimum Gasteiger partial charge on any atom is -0.268 e. The van der Waals surface area contributed by atoms with E-state index in [0.29, 0.717) is 5.92 Å². The quantitative estimate of drug-likeness (QED) is 0.498. The first kappa shape index (κ1) is 11.1. The molecule has 0 bridgehead atoms. The predicted molar refractivity (Wildman–Crippen MR) is 51.7 cm³/mol. The van der Waals surface area contributed by atoms with Crippen LogP contribution in [-0.4, -0.2) is 6.54 Å². The molecule has 0 rings (SSSR count). The van der Waals surface area contributed by atoms with Crippen LogP contribution in [0, 0.1) is 5.92 Å². The van der Waals surface area contributed by atoms with Crippen LogP contribution in [0.5, 0.6) is 0 Å². The maximum atomic E-state index is 3.95. The molecule has 0 saturated carbocycles. The van der Waals surface area contributed by atoms with Gasteiger partial charge in [-0.05, 0) is 26.2 Å². The van der Waals surface area contributed by atoms with Crippen molar-refractivity contribution >= 4 is 0 Å². The van der Waals surface area contributed by atoms with E-state index in [0.717, 1.165) is 13.0 Å². The fraction of sp³-hybridized carbons (Fsp3) is 0.778. The van der Waals surface area contributed by atoms with Crippen molar-refractivity contribution in [3.05, 3.63) is 11.8 Å². The molecule has 0 aliphatic rings. The Balaban J connectivity index is 3.32. The van der Waals surface area contributed by atoms with Crippen LogP contribution in [0.2, 0.25) is 0 Å². The Morgan fingerprint density at radius 1 is 1.42 bits per heavy atom. The van der Waals surface area contributed by atoms with Crippen molar-refractivity contribution in [3.8, 4) is 0 Å². The molecule has 0 radical (unpaired) electrons. The summed E-state index contributed by atoms with van der Waals surface area (Å²) < 4.78 is 0. The van der Waals surface area contributed by atoms with Gasteiger partial charge < -0.3 is 0 Å². The van der Waals surface area contributed by atoms with Gasteiger partial charge in [-0.3, -0.25) is 5.43 Å². The summed E-state index contributed by atoms with van der Waals surface area (Å²) >= 11 is 0. The maximum absolute atomic E-state index is 3.95. The number of allylic oxidation sites excluding steroid dienone is 1. The van der Waals surface area contributed by atoms with E-state index in [2.05, 4.69) is 29.6 Å². The van der Waals surface area contributed by atoms with E-state index in [9.17, 15) is 0 Å². The number of nitrogens with zero attached hydrogens (tertiary/aromatic N) is 2. The van der Waals surface area contributed by atoms with E-state index in [4.69, 9.17) is 0 Å². The summed E-state index contributed by atoms with van der Waals surface area (Å²) in [6, 6.07) is 0. The third kappa shape index (κ3) is 9.14. The lowest BCUT2D eigenvalue weighted by Crippen LogP contribution is -1.94. The van der Waals surface area contributed by atoms with Gasteiger partial charge in [-0.2, -0.15) is 5.11 Å². The van der Waals surface area contributed by atoms with Crippen molar-refractivity contribution in [2.45, 2.75) is 34.1 Å². The first-order chi connectivity index (χ1) is 5.63. The highest BCUT2D eigenvalue weighted by atomic mass is 15.4. The summed E-state index contributed by atoms with van der Waals surface area (Å²) in [5.74, 6) is 0.701. The maximum Gasteiger partial charge on any atom is 0.0622 e. The van der Waals surface area contributed by atoms with Crippen LogP contribution < -0.4 is 5.43 Å². The molecular formula is C9H19N3. The molecule has 0 aliphatic heterocycles. The zero-order chi connectivity index (χ0) is 9.40. The van der Waals surface area contributed by atoms with Crippen molar-refractivity contribution in [3.63, 3.8) is 0 Å². The fourth-order valence-electron chi connectivity index (χ4n) is 0.565. The smallest absolute Gasteiger partial charge is 0.0622 e. The molecule has 0 spiro atoms. The molecule has 1 N–H and O–H groups in total. The van der Waals surface area contributed by atoms with Crippen LogP contribution in [0.25, 0.3) is 0 Å². The van der Waals surface area contributed by atoms with Crippen molar-refractivity contribution in [1.29, 1.82) is 0 Å². The average Bonchev–Trinajstić information content (AvgIpc) is 1.95. The van der Waals surface area contributed by atoms with Crippen molar-refractivity contribution in [1.82, 2.24) is 5.43 Å². The second kappa shape index (κ2) is 6.83. The summed E-state index contributed by atoms with van der Waals surface area (Å²) in [5, 5.41) is 7.73. The van der Waals surface area contributed by atoms with Crippen LogP contribution in [0.3, 0.4) is 0 Å². The second-order valence-electron chi connectivity index (χ2n) is 3.50. The highest BCUT2D eigenvalue weighted by Gasteiger charge is 1.89. The zero-order valence-corrected chi connectivity index (χ0v) is 8.46. The van der Waals surface area contributed by atoms with Crippen LogP contribution in [0.15, 0.2) is 22.1 Å². The summed E-state index contributed by atoms with van der Waals surface area (Å²) in [4.78, 5) is 0. The van der Waals surface area contributed by atoms with Gasteiger partial charge in [-0.15, -0.1) is 0 Å². The number of hydrogen-bond acceptors (Lipinski definition) is 2. The van der Waals surface area contributed by atoms with Crippen LogP contribution >= 0.6 is 0 Å². The predicted octanol–water partition coefficient (Wildman–Crippen LogP) is 2.91. The Labute approximate surface area is 74.9 Å². The minimum absolute atomic E-state index is 0.701. The fourth-order valence-corrected chi connectivity index (χ4v) is 0.565. The molecule has 0 atom stereocenters. The van der Waals surface area contributed by atoms with Gasteiger partial charge in [-0.1, -0.05) is 24.6 Å². The lowest BCUT2D eigenvalue weighted by Gasteiger charge is -1.97. The van der Waals surface area contributed by atoms with Crippen LogP contribution in [-0.2, 0) is 0 Å². The molecule has 0 aromatic carbocycles. The van der Waals surface area contributed by atoms with Gasteiger partial charge in [-0.25, -0.2) is 0 Å². The molecule has 12 heavy (non-hydrogen) atoms. The molecular weight excluding hydrogens is 150 g/mol. The largest absolute Gasteiger partial charge is 0.268 e. The number of nitrogens with one attached hydrogen (secondary N) is 1.